The van der Waals surface area contributed by atoms with Crippen LogP contribution in [0.15, 0.2) is 12.1 Å². The van der Waals surface area contributed by atoms with Crippen molar-refractivity contribution >= 4 is 18.0 Å². The van der Waals surface area contributed by atoms with Crippen molar-refractivity contribution < 1.29 is 19.1 Å². The van der Waals surface area contributed by atoms with E-state index in [1.165, 1.54) is 18.2 Å². The van der Waals surface area contributed by atoms with Crippen LogP contribution in [0.4, 0.5) is 0 Å². The van der Waals surface area contributed by atoms with Crippen LogP contribution < -0.4 is 0 Å². The fraction of sp³-hybridized carbons (Fsp3) is 0.462. The summed E-state index contributed by atoms with van der Waals surface area (Å²) in [5, 5.41) is 6.40. The summed E-state index contributed by atoms with van der Waals surface area (Å²) in [6.45, 7) is 7.36. The molecule has 0 bridgehead atoms. The average Bonchev–Trinajstić information content (AvgIpc) is 2.73. The van der Waals surface area contributed by atoms with E-state index in [-0.39, 0.29) is 12.3 Å². The Morgan fingerprint density at radius 1 is 1.42 bits per heavy atom. The van der Waals surface area contributed by atoms with Gasteiger partial charge < -0.3 is 9.47 Å². The molecule has 0 saturated carbocycles. The monoisotopic (exact) mass is 266 g/mol. The predicted molar refractivity (Wildman–Crippen MR) is 69.4 cm³/mol. The van der Waals surface area contributed by atoms with E-state index < -0.39 is 17.5 Å². The number of nitrogens with one attached hydrogen (secondary N) is 1. The largest absolute Gasteiger partial charge is 0.461 e. The van der Waals surface area contributed by atoms with Crippen molar-refractivity contribution in [1.29, 1.82) is 0 Å². The summed E-state index contributed by atoms with van der Waals surface area (Å²) >= 11 is 0. The number of rotatable bonds is 4. The van der Waals surface area contributed by atoms with Gasteiger partial charge in [-0.15, -0.1) is 0 Å². The maximum absolute atomic E-state index is 11.4. The van der Waals surface area contributed by atoms with Gasteiger partial charge in [0.05, 0.1) is 12.3 Å². The van der Waals surface area contributed by atoms with Crippen LogP contribution in [0.3, 0.4) is 0 Å². The summed E-state index contributed by atoms with van der Waals surface area (Å²) in [6, 6.07) is 1.50. The van der Waals surface area contributed by atoms with E-state index in [1.807, 2.05) is 0 Å². The number of aromatic amines is 1. The second kappa shape index (κ2) is 6.17. The third-order valence-electron chi connectivity index (χ3n) is 1.89. The number of aromatic nitrogens is 2. The third kappa shape index (κ3) is 5.37. The molecule has 0 saturated heterocycles. The second-order valence-electron chi connectivity index (χ2n) is 4.80. The van der Waals surface area contributed by atoms with E-state index in [9.17, 15) is 9.59 Å². The number of carbonyl (C=O) groups is 2. The minimum Gasteiger partial charge on any atom is -0.461 e. The summed E-state index contributed by atoms with van der Waals surface area (Å²) < 4.78 is 9.90. The molecule has 1 aromatic rings. The van der Waals surface area contributed by atoms with Crippen molar-refractivity contribution in [3.8, 4) is 0 Å². The minimum atomic E-state index is -0.536. The molecule has 0 atom stereocenters. The zero-order valence-electron chi connectivity index (χ0n) is 11.5. The van der Waals surface area contributed by atoms with E-state index in [1.54, 1.807) is 27.7 Å². The predicted octanol–water partition coefficient (Wildman–Crippen LogP) is 1.94. The molecule has 6 nitrogen and oxygen atoms in total. The Labute approximate surface area is 111 Å². The zero-order chi connectivity index (χ0) is 14.5. The number of nitrogens with zero attached hydrogens (tertiary/aromatic N) is 1. The highest BCUT2D eigenvalue weighted by Crippen LogP contribution is 2.08. The molecule has 0 unspecified atom stereocenters. The Hall–Kier alpha value is -2.11. The van der Waals surface area contributed by atoms with E-state index in [0.29, 0.717) is 5.69 Å². The lowest BCUT2D eigenvalue weighted by Gasteiger charge is -2.17. The number of esters is 2. The van der Waals surface area contributed by atoms with Gasteiger partial charge in [-0.2, -0.15) is 5.10 Å². The average molecular weight is 266 g/mol. The van der Waals surface area contributed by atoms with Crippen LogP contribution in [0.25, 0.3) is 6.08 Å². The van der Waals surface area contributed by atoms with Crippen molar-refractivity contribution in [1.82, 2.24) is 10.2 Å². The normalized spacial score (nSPS) is 11.6. The first-order chi connectivity index (χ1) is 8.81. The Bertz CT molecular complexity index is 483. The highest BCUT2D eigenvalue weighted by molar-refractivity contribution is 5.89. The van der Waals surface area contributed by atoms with Gasteiger partial charge in [0.25, 0.3) is 0 Å². The molecule has 1 N–H and O–H groups in total. The lowest BCUT2D eigenvalue weighted by Crippen LogP contribution is -2.22. The Morgan fingerprint density at radius 3 is 2.68 bits per heavy atom. The van der Waals surface area contributed by atoms with Gasteiger partial charge in [0, 0.05) is 6.08 Å². The van der Waals surface area contributed by atoms with Crippen LogP contribution in [-0.4, -0.2) is 34.3 Å². The highest BCUT2D eigenvalue weighted by Gasteiger charge is 2.14. The first-order valence-corrected chi connectivity index (χ1v) is 5.95. The van der Waals surface area contributed by atoms with Gasteiger partial charge in [-0.3, -0.25) is 5.10 Å². The molecule has 1 aromatic heterocycles. The molecule has 1 rings (SSSR count). The van der Waals surface area contributed by atoms with E-state index in [0.717, 1.165) is 0 Å². The van der Waals surface area contributed by atoms with Gasteiger partial charge >= 0.3 is 11.9 Å². The summed E-state index contributed by atoms with van der Waals surface area (Å²) in [7, 11) is 0. The number of hydrogen-bond acceptors (Lipinski definition) is 5. The van der Waals surface area contributed by atoms with Crippen molar-refractivity contribution in [3.05, 3.63) is 23.5 Å². The maximum Gasteiger partial charge on any atom is 0.358 e. The Kier molecular flexibility index (Phi) is 4.86. The molecule has 6 heteroatoms. The molecule has 0 aliphatic rings. The van der Waals surface area contributed by atoms with Crippen LogP contribution >= 0.6 is 0 Å². The van der Waals surface area contributed by atoms with Gasteiger partial charge in [-0.05, 0) is 39.8 Å². The molecule has 0 radical (unpaired) electrons. The fourth-order valence-corrected chi connectivity index (χ4v) is 1.23. The van der Waals surface area contributed by atoms with Gasteiger partial charge in [-0.1, -0.05) is 0 Å². The quantitative estimate of drug-likeness (QED) is 0.665. The first-order valence-electron chi connectivity index (χ1n) is 5.95. The second-order valence-corrected chi connectivity index (χ2v) is 4.80. The first kappa shape index (κ1) is 14.9. The van der Waals surface area contributed by atoms with Crippen LogP contribution in [0.1, 0.15) is 43.9 Å². The molecule has 1 heterocycles. The van der Waals surface area contributed by atoms with Crippen molar-refractivity contribution in [3.63, 3.8) is 0 Å². The molecule has 0 spiro atoms. The molecule has 104 valence electrons. The smallest absolute Gasteiger partial charge is 0.358 e. The fourth-order valence-electron chi connectivity index (χ4n) is 1.23. The topological polar surface area (TPSA) is 81.3 Å². The Balaban J connectivity index is 2.63. The lowest BCUT2D eigenvalue weighted by molar-refractivity contribution is -0.148. The van der Waals surface area contributed by atoms with Gasteiger partial charge in [0.1, 0.15) is 5.60 Å². The summed E-state index contributed by atoms with van der Waals surface area (Å²) in [6.07, 6.45) is 2.76. The van der Waals surface area contributed by atoms with E-state index in [4.69, 9.17) is 9.47 Å². The lowest BCUT2D eigenvalue weighted by atomic mass is 10.2. The third-order valence-corrected chi connectivity index (χ3v) is 1.89. The molecule has 0 fully saturated rings. The molecule has 0 aromatic carbocycles. The highest BCUT2D eigenvalue weighted by atomic mass is 16.6. The molecule has 0 aliphatic heterocycles. The van der Waals surface area contributed by atoms with Crippen LogP contribution in [0.2, 0.25) is 0 Å². The standard InChI is InChI=1S/C13H18N2O4/c1-5-18-12(17)10-8-9(14-15-10)6-7-11(16)19-13(2,3)4/h6-8H,5H2,1-4H3,(H,14,15)/b7-6+. The van der Waals surface area contributed by atoms with Crippen molar-refractivity contribution in [2.75, 3.05) is 6.61 Å². The van der Waals surface area contributed by atoms with E-state index >= 15 is 0 Å². The number of hydrogen-bond donors (Lipinski definition) is 1. The summed E-state index contributed by atoms with van der Waals surface area (Å²) in [4.78, 5) is 22.8. The zero-order valence-corrected chi connectivity index (χ0v) is 11.5. The minimum absolute atomic E-state index is 0.172. The van der Waals surface area contributed by atoms with Gasteiger partial charge in [0.15, 0.2) is 5.69 Å². The van der Waals surface area contributed by atoms with Crippen molar-refractivity contribution in [2.24, 2.45) is 0 Å². The van der Waals surface area contributed by atoms with Crippen LogP contribution in [-0.2, 0) is 14.3 Å². The number of ether oxygens (including phenoxy) is 2. The van der Waals surface area contributed by atoms with E-state index in [2.05, 4.69) is 10.2 Å². The Morgan fingerprint density at radius 2 is 2.11 bits per heavy atom. The van der Waals surface area contributed by atoms with Gasteiger partial charge in [-0.25, -0.2) is 9.59 Å². The van der Waals surface area contributed by atoms with Gasteiger partial charge in [0.2, 0.25) is 0 Å². The molecule has 0 amide bonds. The molecular weight excluding hydrogens is 248 g/mol. The molecule has 0 aliphatic carbocycles. The number of H-pyrrole nitrogens is 1. The van der Waals surface area contributed by atoms with Crippen LogP contribution in [0, 0.1) is 0 Å². The molecular formula is C13H18N2O4. The SMILES string of the molecule is CCOC(=O)c1cc(/C=C/C(=O)OC(C)(C)C)[nH]n1. The summed E-state index contributed by atoms with van der Waals surface area (Å²) in [5.74, 6) is -0.963. The van der Waals surface area contributed by atoms with Crippen LogP contribution in [0.5, 0.6) is 0 Å². The maximum atomic E-state index is 11.4. The molecule has 19 heavy (non-hydrogen) atoms. The number of carbonyl (C=O) groups excluding carboxylic acids is 2. The van der Waals surface area contributed by atoms with Crippen molar-refractivity contribution in [2.45, 2.75) is 33.3 Å². The summed E-state index contributed by atoms with van der Waals surface area (Å²) in [5.41, 5.74) is 0.158.